The molecule has 3 aromatic rings. The lowest BCUT2D eigenvalue weighted by Gasteiger charge is -2.08. The summed E-state index contributed by atoms with van der Waals surface area (Å²) in [6, 6.07) is 14.9. The van der Waals surface area contributed by atoms with Crippen LogP contribution in [0, 0.1) is 0 Å². The van der Waals surface area contributed by atoms with Gasteiger partial charge in [-0.1, -0.05) is 35.0 Å². The number of hydrogen-bond donors (Lipinski definition) is 0. The molecule has 2 heterocycles. The number of oxime groups is 1. The predicted molar refractivity (Wildman–Crippen MR) is 107 cm³/mol. The molecule has 0 amide bonds. The van der Waals surface area contributed by atoms with Gasteiger partial charge in [-0.3, -0.25) is 0 Å². The van der Waals surface area contributed by atoms with E-state index in [4.69, 9.17) is 30.6 Å². The summed E-state index contributed by atoms with van der Waals surface area (Å²) in [7, 11) is 0. The van der Waals surface area contributed by atoms with Gasteiger partial charge in [0.25, 0.3) is 0 Å². The Kier molecular flexibility index (Phi) is 5.48. The normalized spacial score (nSPS) is 12.8. The first-order chi connectivity index (χ1) is 14.1. The van der Waals surface area contributed by atoms with Crippen LogP contribution in [-0.2, 0) is 21.0 Å². The van der Waals surface area contributed by atoms with Crippen molar-refractivity contribution in [2.24, 2.45) is 5.16 Å². The monoisotopic (exact) mass is 412 g/mol. The van der Waals surface area contributed by atoms with Crippen molar-refractivity contribution in [3.63, 3.8) is 0 Å². The average Bonchev–Trinajstić information content (AvgIpc) is 3.20. The van der Waals surface area contributed by atoms with E-state index in [0.717, 1.165) is 16.5 Å². The molecule has 0 spiro atoms. The molecule has 0 unspecified atom stereocenters. The summed E-state index contributed by atoms with van der Waals surface area (Å²) >= 11 is 6.17. The zero-order valence-corrected chi connectivity index (χ0v) is 16.3. The lowest BCUT2D eigenvalue weighted by atomic mass is 10.1. The molecule has 148 valence electrons. The summed E-state index contributed by atoms with van der Waals surface area (Å²) in [6.45, 7) is 1.65. The van der Waals surface area contributed by atoms with Gasteiger partial charge in [0.15, 0.2) is 11.5 Å². The van der Waals surface area contributed by atoms with Crippen molar-refractivity contribution >= 4 is 34.2 Å². The lowest BCUT2D eigenvalue weighted by molar-refractivity contribution is -0.150. The van der Waals surface area contributed by atoms with Gasteiger partial charge in [0, 0.05) is 16.5 Å². The highest BCUT2D eigenvalue weighted by Gasteiger charge is 2.14. The van der Waals surface area contributed by atoms with Crippen molar-refractivity contribution in [3.8, 4) is 11.5 Å². The number of halogens is 1. The number of rotatable bonds is 6. The molecule has 0 saturated heterocycles. The number of benzene rings is 2. The van der Waals surface area contributed by atoms with E-state index in [9.17, 15) is 4.79 Å². The number of nitrogens with zero attached hydrogens (tertiary/aromatic N) is 2. The topological polar surface area (TPSA) is 79.2 Å². The average molecular weight is 413 g/mol. The molecular formula is C21H17ClN2O5. The number of hydrogen-bond acceptors (Lipinski definition) is 7. The minimum atomic E-state index is -0.559. The van der Waals surface area contributed by atoms with Crippen molar-refractivity contribution in [1.82, 2.24) is 4.98 Å². The highest BCUT2D eigenvalue weighted by molar-refractivity contribution is 6.30. The van der Waals surface area contributed by atoms with E-state index in [1.54, 1.807) is 19.1 Å². The molecule has 0 aliphatic carbocycles. The fraction of sp³-hybridized carbons (Fsp3) is 0.190. The first-order valence-electron chi connectivity index (χ1n) is 8.86. The maximum Gasteiger partial charge on any atom is 0.347 e. The molecular weight excluding hydrogens is 396 g/mol. The van der Waals surface area contributed by atoms with Crippen molar-refractivity contribution in [2.75, 3.05) is 13.4 Å². The van der Waals surface area contributed by atoms with Crippen LogP contribution in [0.15, 0.2) is 53.7 Å². The fourth-order valence-electron chi connectivity index (χ4n) is 2.79. The smallest absolute Gasteiger partial charge is 0.347 e. The van der Waals surface area contributed by atoms with E-state index in [1.807, 2.05) is 36.4 Å². The maximum absolute atomic E-state index is 11.9. The maximum atomic E-state index is 11.9. The molecule has 7 nitrogen and oxygen atoms in total. The summed E-state index contributed by atoms with van der Waals surface area (Å²) < 4.78 is 15.8. The highest BCUT2D eigenvalue weighted by Crippen LogP contribution is 2.32. The Morgan fingerprint density at radius 3 is 2.90 bits per heavy atom. The summed E-state index contributed by atoms with van der Waals surface area (Å²) in [4.78, 5) is 21.4. The summed E-state index contributed by atoms with van der Waals surface area (Å²) in [5.41, 5.74) is 2.80. The van der Waals surface area contributed by atoms with Gasteiger partial charge in [-0.15, -0.1) is 0 Å². The Morgan fingerprint density at radius 1 is 1.17 bits per heavy atom. The largest absolute Gasteiger partial charge is 0.458 e. The second kappa shape index (κ2) is 8.36. The van der Waals surface area contributed by atoms with E-state index in [0.29, 0.717) is 27.9 Å². The van der Waals surface area contributed by atoms with Crippen LogP contribution in [0.4, 0.5) is 0 Å². The third kappa shape index (κ3) is 4.41. The molecule has 8 heteroatoms. The van der Waals surface area contributed by atoms with Crippen molar-refractivity contribution in [2.45, 2.75) is 13.5 Å². The first-order valence-corrected chi connectivity index (χ1v) is 9.24. The van der Waals surface area contributed by atoms with Crippen LogP contribution in [0.5, 0.6) is 11.5 Å². The zero-order valence-electron chi connectivity index (χ0n) is 15.6. The first kappa shape index (κ1) is 19.0. The Balaban J connectivity index is 1.31. The number of aromatic nitrogens is 1. The van der Waals surface area contributed by atoms with Crippen LogP contribution in [0.2, 0.25) is 5.15 Å². The van der Waals surface area contributed by atoms with Gasteiger partial charge in [-0.2, -0.15) is 0 Å². The minimum absolute atomic E-state index is 0.00369. The quantitative estimate of drug-likeness (QED) is 0.262. The van der Waals surface area contributed by atoms with Gasteiger partial charge >= 0.3 is 5.97 Å². The van der Waals surface area contributed by atoms with E-state index in [1.165, 1.54) is 0 Å². The van der Waals surface area contributed by atoms with Crippen LogP contribution in [0.1, 0.15) is 18.1 Å². The van der Waals surface area contributed by atoms with Gasteiger partial charge in [-0.25, -0.2) is 9.78 Å². The minimum Gasteiger partial charge on any atom is -0.458 e. The van der Waals surface area contributed by atoms with Gasteiger partial charge in [0.2, 0.25) is 13.4 Å². The molecule has 0 fully saturated rings. The highest BCUT2D eigenvalue weighted by atomic mass is 35.5. The van der Waals surface area contributed by atoms with Gasteiger partial charge in [0.1, 0.15) is 11.8 Å². The molecule has 0 bridgehead atoms. The number of esters is 1. The zero-order chi connectivity index (χ0) is 20.2. The van der Waals surface area contributed by atoms with E-state index >= 15 is 0 Å². The molecule has 29 heavy (non-hydrogen) atoms. The van der Waals surface area contributed by atoms with Crippen molar-refractivity contribution < 1.29 is 23.8 Å². The Labute approximate surface area is 171 Å². The molecule has 0 saturated carbocycles. The van der Waals surface area contributed by atoms with E-state index in [-0.39, 0.29) is 20.0 Å². The predicted octanol–water partition coefficient (Wildman–Crippen LogP) is 4.10. The summed E-state index contributed by atoms with van der Waals surface area (Å²) in [6.07, 6.45) is 0. The Morgan fingerprint density at radius 2 is 2.00 bits per heavy atom. The molecule has 1 aliphatic rings. The van der Waals surface area contributed by atoms with Crippen LogP contribution in [0.25, 0.3) is 10.9 Å². The molecule has 1 aliphatic heterocycles. The fourth-order valence-corrected chi connectivity index (χ4v) is 2.99. The van der Waals surface area contributed by atoms with E-state index < -0.39 is 5.97 Å². The van der Waals surface area contributed by atoms with Gasteiger partial charge in [-0.05, 0) is 37.3 Å². The summed E-state index contributed by atoms with van der Waals surface area (Å²) in [5, 5.41) is 5.17. The number of pyridine rings is 1. The van der Waals surface area contributed by atoms with Crippen LogP contribution in [-0.4, -0.2) is 30.1 Å². The lowest BCUT2D eigenvalue weighted by Crippen LogP contribution is -2.12. The van der Waals surface area contributed by atoms with Crippen LogP contribution >= 0.6 is 11.6 Å². The molecule has 0 radical (unpaired) electrons. The molecule has 2 aromatic carbocycles. The molecule has 4 rings (SSSR count). The molecule has 1 aromatic heterocycles. The van der Waals surface area contributed by atoms with Crippen molar-refractivity contribution in [3.05, 3.63) is 64.8 Å². The second-order valence-electron chi connectivity index (χ2n) is 6.31. The SMILES string of the molecule is C/C(=N\OCC(=O)OCc1cc2ccccc2nc1Cl)c1ccc2c(c1)OCO2. The number of fused-ring (bicyclic) bond motifs is 2. The third-order valence-corrected chi connectivity index (χ3v) is 4.64. The summed E-state index contributed by atoms with van der Waals surface area (Å²) in [5.74, 6) is 0.779. The van der Waals surface area contributed by atoms with Crippen LogP contribution < -0.4 is 9.47 Å². The van der Waals surface area contributed by atoms with E-state index in [2.05, 4.69) is 10.1 Å². The third-order valence-electron chi connectivity index (χ3n) is 4.31. The standard InChI is InChI=1S/C21H17ClN2O5/c1-13(14-6-7-18-19(9-14)28-12-27-18)24-29-11-20(25)26-10-16-8-15-4-2-3-5-17(15)23-21(16)22/h2-9H,10-12H2,1H3/b24-13+. The van der Waals surface area contributed by atoms with Crippen molar-refractivity contribution in [1.29, 1.82) is 0 Å². The second-order valence-corrected chi connectivity index (χ2v) is 6.67. The number of ether oxygens (including phenoxy) is 3. The number of carbonyl (C=O) groups excluding carboxylic acids is 1. The molecule has 0 atom stereocenters. The number of para-hydroxylation sites is 1. The van der Waals surface area contributed by atoms with Gasteiger partial charge < -0.3 is 19.0 Å². The number of carbonyl (C=O) groups is 1. The Hall–Kier alpha value is -3.32. The molecule has 0 N–H and O–H groups in total. The Bertz CT molecular complexity index is 1100. The van der Waals surface area contributed by atoms with Crippen LogP contribution in [0.3, 0.4) is 0 Å². The van der Waals surface area contributed by atoms with Gasteiger partial charge in [0.05, 0.1) is 11.2 Å².